The van der Waals surface area contributed by atoms with Crippen molar-refractivity contribution < 1.29 is 18.3 Å². The third-order valence-electron chi connectivity index (χ3n) is 2.75. The number of hydrogen-bond acceptors (Lipinski definition) is 4. The highest BCUT2D eigenvalue weighted by molar-refractivity contribution is 9.10. The molecule has 1 heterocycles. The van der Waals surface area contributed by atoms with E-state index in [1.807, 2.05) is 13.0 Å². The second-order valence-electron chi connectivity index (χ2n) is 4.21. The van der Waals surface area contributed by atoms with Crippen LogP contribution in [0.25, 0.3) is 0 Å². The average Bonchev–Trinajstić information content (AvgIpc) is 2.75. The number of rotatable bonds is 6. The van der Waals surface area contributed by atoms with Crippen molar-refractivity contribution in [2.75, 3.05) is 12.4 Å². The van der Waals surface area contributed by atoms with Gasteiger partial charge in [0.05, 0.1) is 7.11 Å². The zero-order chi connectivity index (χ0) is 15.4. The number of benzene rings is 1. The minimum atomic E-state index is -2.88. The first kappa shape index (κ1) is 16.0. The molecule has 0 amide bonds. The van der Waals surface area contributed by atoms with Crippen molar-refractivity contribution in [3.63, 3.8) is 0 Å². The Kier molecular flexibility index (Phi) is 5.41. The molecule has 3 nitrogen and oxygen atoms in total. The molecule has 0 aliphatic carbocycles. The predicted octanol–water partition coefficient (Wildman–Crippen LogP) is 5.04. The molecule has 0 saturated carbocycles. The quantitative estimate of drug-likeness (QED) is 0.764. The van der Waals surface area contributed by atoms with Crippen LogP contribution in [0.5, 0.6) is 11.5 Å². The Labute approximate surface area is 134 Å². The molecular formula is C14H14BrF2NO2S. The maximum absolute atomic E-state index is 12.4. The van der Waals surface area contributed by atoms with Crippen molar-refractivity contribution in [2.45, 2.75) is 20.1 Å². The highest BCUT2D eigenvalue weighted by Gasteiger charge is 2.11. The molecule has 2 rings (SSSR count). The minimum absolute atomic E-state index is 0.0149. The van der Waals surface area contributed by atoms with Gasteiger partial charge in [-0.25, -0.2) is 0 Å². The van der Waals surface area contributed by atoms with Gasteiger partial charge < -0.3 is 14.8 Å². The normalized spacial score (nSPS) is 10.8. The van der Waals surface area contributed by atoms with Crippen LogP contribution in [0.15, 0.2) is 28.7 Å². The second kappa shape index (κ2) is 7.09. The summed E-state index contributed by atoms with van der Waals surface area (Å²) in [5.41, 5.74) is 0.689. The van der Waals surface area contributed by atoms with Crippen molar-refractivity contribution in [1.29, 1.82) is 0 Å². The molecule has 1 aromatic heterocycles. The first-order chi connectivity index (χ1) is 9.99. The number of anilines is 1. The van der Waals surface area contributed by atoms with Crippen LogP contribution in [0, 0.1) is 6.92 Å². The van der Waals surface area contributed by atoms with Crippen molar-refractivity contribution in [3.05, 3.63) is 38.5 Å². The summed E-state index contributed by atoms with van der Waals surface area (Å²) in [7, 11) is 1.41. The van der Waals surface area contributed by atoms with Gasteiger partial charge in [0.2, 0.25) is 0 Å². The third kappa shape index (κ3) is 4.31. The van der Waals surface area contributed by atoms with Crippen LogP contribution in [-0.2, 0) is 6.54 Å². The van der Waals surface area contributed by atoms with E-state index in [4.69, 9.17) is 4.74 Å². The van der Waals surface area contributed by atoms with E-state index in [2.05, 4.69) is 26.0 Å². The van der Waals surface area contributed by atoms with Crippen LogP contribution in [-0.4, -0.2) is 13.7 Å². The van der Waals surface area contributed by atoms with Gasteiger partial charge in [-0.3, -0.25) is 0 Å². The molecule has 0 spiro atoms. The number of nitrogens with one attached hydrogen (secondary N) is 1. The van der Waals surface area contributed by atoms with Gasteiger partial charge in [-0.2, -0.15) is 8.78 Å². The Morgan fingerprint density at radius 2 is 2.05 bits per heavy atom. The second-order valence-corrected chi connectivity index (χ2v) is 6.41. The van der Waals surface area contributed by atoms with E-state index in [9.17, 15) is 8.78 Å². The molecule has 0 radical (unpaired) electrons. The Balaban J connectivity index is 2.09. The fourth-order valence-corrected chi connectivity index (χ4v) is 3.31. The highest BCUT2D eigenvalue weighted by Crippen LogP contribution is 2.32. The summed E-state index contributed by atoms with van der Waals surface area (Å²) >= 11 is 5.13. The van der Waals surface area contributed by atoms with Crippen LogP contribution in [0.2, 0.25) is 0 Å². The van der Waals surface area contributed by atoms with E-state index in [-0.39, 0.29) is 11.5 Å². The monoisotopic (exact) mass is 377 g/mol. The lowest BCUT2D eigenvalue weighted by Gasteiger charge is -2.12. The average molecular weight is 378 g/mol. The predicted molar refractivity (Wildman–Crippen MR) is 83.7 cm³/mol. The van der Waals surface area contributed by atoms with E-state index in [1.54, 1.807) is 23.5 Å². The van der Waals surface area contributed by atoms with E-state index < -0.39 is 6.61 Å². The summed E-state index contributed by atoms with van der Waals surface area (Å²) in [4.78, 5) is 2.34. The molecule has 1 N–H and O–H groups in total. The number of methoxy groups -OCH3 is 1. The molecule has 2 aromatic rings. The SMILES string of the molecule is COc1ccc(NCc2cc(Br)c(C)s2)cc1OC(F)F. The zero-order valence-corrected chi connectivity index (χ0v) is 13.9. The number of alkyl halides is 2. The minimum Gasteiger partial charge on any atom is -0.493 e. The molecule has 21 heavy (non-hydrogen) atoms. The van der Waals surface area contributed by atoms with Crippen molar-refractivity contribution >= 4 is 33.0 Å². The van der Waals surface area contributed by atoms with Crippen molar-refractivity contribution in [1.82, 2.24) is 0 Å². The van der Waals surface area contributed by atoms with E-state index in [0.29, 0.717) is 12.2 Å². The van der Waals surface area contributed by atoms with Crippen LogP contribution in [0.3, 0.4) is 0 Å². The number of ether oxygens (including phenoxy) is 2. The molecule has 7 heteroatoms. The van der Waals surface area contributed by atoms with Crippen molar-refractivity contribution in [3.8, 4) is 11.5 Å². The van der Waals surface area contributed by atoms with E-state index in [1.165, 1.54) is 18.1 Å². The zero-order valence-electron chi connectivity index (χ0n) is 11.5. The molecule has 0 unspecified atom stereocenters. The number of thiophene rings is 1. The lowest BCUT2D eigenvalue weighted by Crippen LogP contribution is -2.04. The number of halogens is 3. The molecule has 0 saturated heterocycles. The Bertz CT molecular complexity index is 600. The summed E-state index contributed by atoms with van der Waals surface area (Å²) in [6.45, 7) is -0.248. The Morgan fingerprint density at radius 3 is 2.62 bits per heavy atom. The Hall–Kier alpha value is -1.34. The van der Waals surface area contributed by atoms with Crippen LogP contribution < -0.4 is 14.8 Å². The highest BCUT2D eigenvalue weighted by atomic mass is 79.9. The van der Waals surface area contributed by atoms with E-state index >= 15 is 0 Å². The smallest absolute Gasteiger partial charge is 0.387 e. The lowest BCUT2D eigenvalue weighted by atomic mass is 10.2. The summed E-state index contributed by atoms with van der Waals surface area (Å²) in [5, 5.41) is 3.18. The fourth-order valence-electron chi connectivity index (χ4n) is 1.77. The van der Waals surface area contributed by atoms with Gasteiger partial charge in [0.25, 0.3) is 0 Å². The third-order valence-corrected chi connectivity index (χ3v) is 4.89. The standard InChI is InChI=1S/C14H14BrF2NO2S/c1-8-11(15)6-10(21-8)7-18-9-3-4-12(19-2)13(5-9)20-14(16)17/h3-6,14,18H,7H2,1-2H3. The number of hydrogen-bond donors (Lipinski definition) is 1. The molecule has 0 bridgehead atoms. The summed E-state index contributed by atoms with van der Waals surface area (Å²) in [6.07, 6.45) is 0. The number of aryl methyl sites for hydroxylation is 1. The summed E-state index contributed by atoms with van der Waals surface area (Å²) < 4.78 is 35.2. The first-order valence-electron chi connectivity index (χ1n) is 6.11. The molecule has 0 aliphatic heterocycles. The fraction of sp³-hybridized carbons (Fsp3) is 0.286. The molecule has 0 atom stereocenters. The molecular weight excluding hydrogens is 364 g/mol. The molecule has 0 aliphatic rings. The van der Waals surface area contributed by atoms with Gasteiger partial charge in [-0.05, 0) is 41.1 Å². The molecule has 0 fully saturated rings. The molecule has 114 valence electrons. The van der Waals surface area contributed by atoms with Crippen LogP contribution >= 0.6 is 27.3 Å². The molecule has 1 aromatic carbocycles. The summed E-state index contributed by atoms with van der Waals surface area (Å²) in [6, 6.07) is 6.88. The van der Waals surface area contributed by atoms with Crippen LogP contribution in [0.1, 0.15) is 9.75 Å². The lowest BCUT2D eigenvalue weighted by molar-refractivity contribution is -0.0511. The maximum Gasteiger partial charge on any atom is 0.387 e. The van der Waals surface area contributed by atoms with Gasteiger partial charge in [0, 0.05) is 32.5 Å². The van der Waals surface area contributed by atoms with Gasteiger partial charge in [0.15, 0.2) is 11.5 Å². The van der Waals surface area contributed by atoms with Gasteiger partial charge >= 0.3 is 6.61 Å². The largest absolute Gasteiger partial charge is 0.493 e. The van der Waals surface area contributed by atoms with Crippen LogP contribution in [0.4, 0.5) is 14.5 Å². The van der Waals surface area contributed by atoms with Gasteiger partial charge in [-0.1, -0.05) is 0 Å². The maximum atomic E-state index is 12.4. The summed E-state index contributed by atoms with van der Waals surface area (Å²) in [5.74, 6) is 0.289. The van der Waals surface area contributed by atoms with Crippen molar-refractivity contribution in [2.24, 2.45) is 0 Å². The Morgan fingerprint density at radius 1 is 1.29 bits per heavy atom. The van der Waals surface area contributed by atoms with E-state index in [0.717, 1.165) is 9.35 Å². The van der Waals surface area contributed by atoms with Gasteiger partial charge in [-0.15, -0.1) is 11.3 Å². The first-order valence-corrected chi connectivity index (χ1v) is 7.72. The van der Waals surface area contributed by atoms with Gasteiger partial charge in [0.1, 0.15) is 0 Å². The topological polar surface area (TPSA) is 30.5 Å².